The first-order chi connectivity index (χ1) is 12.1. The van der Waals surface area contributed by atoms with Crippen LogP contribution in [0.1, 0.15) is 36.3 Å². The van der Waals surface area contributed by atoms with Crippen LogP contribution in [0.4, 0.5) is 5.69 Å². The summed E-state index contributed by atoms with van der Waals surface area (Å²) in [6.07, 6.45) is 1.03. The van der Waals surface area contributed by atoms with E-state index in [9.17, 15) is 4.79 Å². The summed E-state index contributed by atoms with van der Waals surface area (Å²) in [5.74, 6) is 0.527. The number of pyridine rings is 1. The third-order valence-corrected chi connectivity index (χ3v) is 4.12. The van der Waals surface area contributed by atoms with Gasteiger partial charge < -0.3 is 10.1 Å². The van der Waals surface area contributed by atoms with Crippen LogP contribution in [0.5, 0.6) is 5.75 Å². The van der Waals surface area contributed by atoms with Gasteiger partial charge in [0, 0.05) is 16.6 Å². The van der Waals surface area contributed by atoms with Crippen molar-refractivity contribution in [1.29, 1.82) is 0 Å². The van der Waals surface area contributed by atoms with E-state index in [1.807, 2.05) is 56.3 Å². The molecule has 3 rings (SSSR count). The normalized spacial score (nSPS) is 12.0. The lowest BCUT2D eigenvalue weighted by Gasteiger charge is -2.13. The number of nitrogens with one attached hydrogen (secondary N) is 1. The SMILES string of the molecule is CCC(C)Oc1cccc(C(=O)Nc2cccc3ccc(C)nc23)c1. The van der Waals surface area contributed by atoms with Gasteiger partial charge >= 0.3 is 0 Å². The molecule has 1 aromatic heterocycles. The standard InChI is InChI=1S/C21H22N2O2/c1-4-15(3)25-18-9-5-8-17(13-18)21(24)23-19-10-6-7-16-12-11-14(2)22-20(16)19/h5-13,15H,4H2,1-3H3,(H,23,24). The molecule has 2 aromatic carbocycles. The summed E-state index contributed by atoms with van der Waals surface area (Å²) in [4.78, 5) is 17.2. The quantitative estimate of drug-likeness (QED) is 0.716. The molecule has 25 heavy (non-hydrogen) atoms. The highest BCUT2D eigenvalue weighted by Crippen LogP contribution is 2.23. The molecule has 4 heteroatoms. The molecule has 0 fully saturated rings. The lowest BCUT2D eigenvalue weighted by atomic mass is 10.1. The molecule has 1 atom stereocenters. The maximum atomic E-state index is 12.7. The van der Waals surface area contributed by atoms with Crippen LogP contribution in [-0.4, -0.2) is 17.0 Å². The first-order valence-corrected chi connectivity index (χ1v) is 8.51. The number of anilines is 1. The number of aryl methyl sites for hydroxylation is 1. The van der Waals surface area contributed by atoms with E-state index in [1.165, 1.54) is 0 Å². The lowest BCUT2D eigenvalue weighted by molar-refractivity contribution is 0.102. The Kier molecular flexibility index (Phi) is 4.98. The molecule has 0 saturated heterocycles. The van der Waals surface area contributed by atoms with Crippen molar-refractivity contribution in [2.45, 2.75) is 33.3 Å². The van der Waals surface area contributed by atoms with Crippen LogP contribution in [0, 0.1) is 6.92 Å². The van der Waals surface area contributed by atoms with Crippen LogP contribution >= 0.6 is 0 Å². The Bertz CT molecular complexity index is 905. The Labute approximate surface area is 147 Å². The van der Waals surface area contributed by atoms with Gasteiger partial charge in [-0.3, -0.25) is 9.78 Å². The van der Waals surface area contributed by atoms with Crippen molar-refractivity contribution in [3.05, 3.63) is 65.9 Å². The number of fused-ring (bicyclic) bond motifs is 1. The Morgan fingerprint density at radius 3 is 2.76 bits per heavy atom. The highest BCUT2D eigenvalue weighted by atomic mass is 16.5. The van der Waals surface area contributed by atoms with Gasteiger partial charge in [0.15, 0.2) is 0 Å². The van der Waals surface area contributed by atoms with Crippen LogP contribution in [0.15, 0.2) is 54.6 Å². The van der Waals surface area contributed by atoms with Gasteiger partial charge in [0.25, 0.3) is 5.91 Å². The second kappa shape index (κ2) is 7.34. The minimum Gasteiger partial charge on any atom is -0.491 e. The number of carbonyl (C=O) groups excluding carboxylic acids is 1. The molecule has 1 N–H and O–H groups in total. The average molecular weight is 334 g/mol. The highest BCUT2D eigenvalue weighted by molar-refractivity contribution is 6.08. The fourth-order valence-corrected chi connectivity index (χ4v) is 2.57. The van der Waals surface area contributed by atoms with Gasteiger partial charge in [0.05, 0.1) is 17.3 Å². The smallest absolute Gasteiger partial charge is 0.255 e. The number of hydrogen-bond acceptors (Lipinski definition) is 3. The molecule has 0 saturated carbocycles. The molecule has 3 aromatic rings. The first kappa shape index (κ1) is 17.0. The van der Waals surface area contributed by atoms with Crippen molar-refractivity contribution in [3.63, 3.8) is 0 Å². The number of benzene rings is 2. The van der Waals surface area contributed by atoms with Crippen molar-refractivity contribution in [1.82, 2.24) is 4.98 Å². The van der Waals surface area contributed by atoms with Gasteiger partial charge in [0.2, 0.25) is 0 Å². The predicted molar refractivity (Wildman–Crippen MR) is 101 cm³/mol. The van der Waals surface area contributed by atoms with Crippen molar-refractivity contribution in [2.75, 3.05) is 5.32 Å². The Morgan fingerprint density at radius 1 is 1.16 bits per heavy atom. The van der Waals surface area contributed by atoms with E-state index >= 15 is 0 Å². The fraction of sp³-hybridized carbons (Fsp3) is 0.238. The summed E-state index contributed by atoms with van der Waals surface area (Å²) in [6.45, 7) is 6.02. The average Bonchev–Trinajstić information content (AvgIpc) is 2.62. The molecule has 0 aliphatic carbocycles. The molecule has 0 aliphatic rings. The molecular weight excluding hydrogens is 312 g/mol. The van der Waals surface area contributed by atoms with Gasteiger partial charge in [0.1, 0.15) is 5.75 Å². The number of para-hydroxylation sites is 1. The van der Waals surface area contributed by atoms with Gasteiger partial charge in [-0.2, -0.15) is 0 Å². The molecular formula is C21H22N2O2. The maximum absolute atomic E-state index is 12.7. The van der Waals surface area contributed by atoms with Crippen LogP contribution in [0.2, 0.25) is 0 Å². The molecule has 0 spiro atoms. The summed E-state index contributed by atoms with van der Waals surface area (Å²) >= 11 is 0. The first-order valence-electron chi connectivity index (χ1n) is 8.51. The second-order valence-corrected chi connectivity index (χ2v) is 6.15. The van der Waals surface area contributed by atoms with E-state index in [4.69, 9.17) is 4.74 Å². The van der Waals surface area contributed by atoms with Gasteiger partial charge in [-0.15, -0.1) is 0 Å². The summed E-state index contributed by atoms with van der Waals surface area (Å²) < 4.78 is 5.80. The Balaban J connectivity index is 1.85. The summed E-state index contributed by atoms with van der Waals surface area (Å²) in [6, 6.07) is 17.0. The molecule has 128 valence electrons. The maximum Gasteiger partial charge on any atom is 0.255 e. The van der Waals surface area contributed by atoms with Crippen molar-refractivity contribution in [3.8, 4) is 5.75 Å². The second-order valence-electron chi connectivity index (χ2n) is 6.15. The molecule has 1 amide bonds. The van der Waals surface area contributed by atoms with E-state index < -0.39 is 0 Å². The zero-order valence-corrected chi connectivity index (χ0v) is 14.7. The van der Waals surface area contributed by atoms with Crippen LogP contribution in [-0.2, 0) is 0 Å². The molecule has 1 heterocycles. The van der Waals surface area contributed by atoms with Gasteiger partial charge in [-0.05, 0) is 50.6 Å². The minimum atomic E-state index is -0.176. The third kappa shape index (κ3) is 3.97. The topological polar surface area (TPSA) is 51.2 Å². The van der Waals surface area contributed by atoms with Crippen molar-refractivity contribution >= 4 is 22.5 Å². The van der Waals surface area contributed by atoms with E-state index in [0.29, 0.717) is 17.0 Å². The number of rotatable bonds is 5. The zero-order valence-electron chi connectivity index (χ0n) is 14.7. The van der Waals surface area contributed by atoms with E-state index in [-0.39, 0.29) is 12.0 Å². The van der Waals surface area contributed by atoms with Crippen LogP contribution in [0.3, 0.4) is 0 Å². The number of aromatic nitrogens is 1. The van der Waals surface area contributed by atoms with Gasteiger partial charge in [-0.25, -0.2) is 0 Å². The Morgan fingerprint density at radius 2 is 1.96 bits per heavy atom. The number of hydrogen-bond donors (Lipinski definition) is 1. The monoisotopic (exact) mass is 334 g/mol. The van der Waals surface area contributed by atoms with E-state index in [1.54, 1.807) is 12.1 Å². The predicted octanol–water partition coefficient (Wildman–Crippen LogP) is 4.97. The number of nitrogens with zero attached hydrogens (tertiary/aromatic N) is 1. The molecule has 1 unspecified atom stereocenters. The summed E-state index contributed by atoms with van der Waals surface area (Å²) in [5.41, 5.74) is 2.98. The molecule has 0 radical (unpaired) electrons. The third-order valence-electron chi connectivity index (χ3n) is 4.12. The Hall–Kier alpha value is -2.88. The number of carbonyl (C=O) groups is 1. The minimum absolute atomic E-state index is 0.114. The lowest BCUT2D eigenvalue weighted by Crippen LogP contribution is -2.14. The molecule has 0 bridgehead atoms. The molecule has 0 aliphatic heterocycles. The highest BCUT2D eigenvalue weighted by Gasteiger charge is 2.11. The fourth-order valence-electron chi connectivity index (χ4n) is 2.57. The zero-order chi connectivity index (χ0) is 17.8. The van der Waals surface area contributed by atoms with Crippen molar-refractivity contribution in [2.24, 2.45) is 0 Å². The van der Waals surface area contributed by atoms with Crippen molar-refractivity contribution < 1.29 is 9.53 Å². The number of amides is 1. The summed E-state index contributed by atoms with van der Waals surface area (Å²) in [5, 5.41) is 3.96. The summed E-state index contributed by atoms with van der Waals surface area (Å²) in [7, 11) is 0. The van der Waals surface area contributed by atoms with Gasteiger partial charge in [-0.1, -0.05) is 31.2 Å². The van der Waals surface area contributed by atoms with Crippen LogP contribution in [0.25, 0.3) is 10.9 Å². The van der Waals surface area contributed by atoms with Crippen LogP contribution < -0.4 is 10.1 Å². The largest absolute Gasteiger partial charge is 0.491 e. The molecule has 4 nitrogen and oxygen atoms in total. The van der Waals surface area contributed by atoms with E-state index in [0.717, 1.165) is 23.0 Å². The number of ether oxygens (including phenoxy) is 1. The van der Waals surface area contributed by atoms with E-state index in [2.05, 4.69) is 17.2 Å².